The molecule has 1 N–H and O–H groups in total. The van der Waals surface area contributed by atoms with E-state index >= 15 is 0 Å². The first-order valence-electron chi connectivity index (χ1n) is 16.7. The second-order valence-corrected chi connectivity index (χ2v) is 13.3. The summed E-state index contributed by atoms with van der Waals surface area (Å²) in [7, 11) is 0. The normalized spacial score (nSPS) is 10.6. The number of nitrogens with zero attached hydrogens (tertiary/aromatic N) is 7. The van der Waals surface area contributed by atoms with E-state index in [1.807, 2.05) is 52.3 Å². The molecule has 0 aliphatic heterocycles. The monoisotopic (exact) mass is 811 g/mol. The number of pyridine rings is 4. The predicted molar refractivity (Wildman–Crippen MR) is 191 cm³/mol. The van der Waals surface area contributed by atoms with Gasteiger partial charge < -0.3 is 34.8 Å². The minimum Gasteiger partial charge on any atom is -0.545 e. The van der Waals surface area contributed by atoms with Crippen LogP contribution in [0.25, 0.3) is 21.1 Å². The molecule has 0 unspecified atom stereocenters. The van der Waals surface area contributed by atoms with Gasteiger partial charge in [-0.15, -0.1) is 11.3 Å². The van der Waals surface area contributed by atoms with Gasteiger partial charge >= 0.3 is 88.7 Å². The zero-order valence-electron chi connectivity index (χ0n) is 31.7. The zero-order valence-corrected chi connectivity index (χ0v) is 38.5. The van der Waals surface area contributed by atoms with Crippen molar-refractivity contribution in [2.24, 2.45) is 0 Å². The summed E-state index contributed by atoms with van der Waals surface area (Å²) in [6, 6.07) is 21.6. The number of hydrogen-bond donors (Lipinski definition) is 1. The summed E-state index contributed by atoms with van der Waals surface area (Å²) in [5, 5.41) is 44.9. The third kappa shape index (κ3) is 13.9. The summed E-state index contributed by atoms with van der Waals surface area (Å²) in [5.74, 6) is -4.01. The minimum atomic E-state index is -1.34. The SMILES string of the molecule is O=C([O-])c1ccnc(CN(CCN(Cc2cc(C(=O)[O-])ccn2)Cc2cccc(-c3ncc(-c4ccc(CO)cc4)s3)n2)Cc2cc(C(=O)[O-])ccn2)c1.[Na+].[Na+].[Na+]. The Labute approximate surface area is 399 Å². The van der Waals surface area contributed by atoms with E-state index in [0.29, 0.717) is 48.1 Å². The molecule has 274 valence electrons. The summed E-state index contributed by atoms with van der Waals surface area (Å²) in [4.78, 5) is 62.3. The van der Waals surface area contributed by atoms with Gasteiger partial charge in [0.2, 0.25) is 0 Å². The first-order chi connectivity index (χ1) is 26.1. The van der Waals surface area contributed by atoms with Crippen LogP contribution in [-0.2, 0) is 32.8 Å². The molecule has 0 saturated carbocycles. The molecule has 18 heteroatoms. The molecule has 1 aromatic carbocycles. The van der Waals surface area contributed by atoms with Crippen molar-refractivity contribution >= 4 is 29.2 Å². The van der Waals surface area contributed by atoms with Crippen LogP contribution >= 0.6 is 11.3 Å². The van der Waals surface area contributed by atoms with Crippen LogP contribution in [0, 0.1) is 0 Å². The maximum absolute atomic E-state index is 11.6. The average molecular weight is 812 g/mol. The molecule has 0 atom stereocenters. The number of hydrogen-bond acceptors (Lipinski definition) is 15. The molecule has 14 nitrogen and oxygen atoms in total. The Morgan fingerprint density at radius 2 is 1.05 bits per heavy atom. The Bertz CT molecular complexity index is 2220. The van der Waals surface area contributed by atoms with Gasteiger partial charge in [-0.1, -0.05) is 30.3 Å². The van der Waals surface area contributed by atoms with Gasteiger partial charge in [-0.2, -0.15) is 0 Å². The van der Waals surface area contributed by atoms with Gasteiger partial charge in [0.15, 0.2) is 0 Å². The van der Waals surface area contributed by atoms with E-state index < -0.39 is 17.9 Å². The number of carboxylic acid groups (broad SMARTS) is 3. The molecule has 6 rings (SSSR count). The van der Waals surface area contributed by atoms with E-state index in [9.17, 15) is 34.8 Å². The maximum Gasteiger partial charge on any atom is 1.00 e. The molecule has 0 saturated heterocycles. The Balaban J connectivity index is 0.00000290. The van der Waals surface area contributed by atoms with Gasteiger partial charge in [0.25, 0.3) is 0 Å². The van der Waals surface area contributed by atoms with Crippen LogP contribution in [0.4, 0.5) is 0 Å². The molecular weight excluding hydrogens is 780 g/mol. The quantitative estimate of drug-likeness (QED) is 0.0849. The largest absolute Gasteiger partial charge is 1.00 e. The van der Waals surface area contributed by atoms with Crippen molar-refractivity contribution in [3.63, 3.8) is 0 Å². The number of benzene rings is 1. The number of thiazole rings is 1. The van der Waals surface area contributed by atoms with E-state index in [1.165, 1.54) is 66.3 Å². The number of carbonyl (C=O) groups excluding carboxylic acids is 3. The predicted octanol–water partition coefficient (Wildman–Crippen LogP) is -7.64. The molecule has 5 heterocycles. The molecule has 0 fully saturated rings. The molecule has 6 aromatic rings. The van der Waals surface area contributed by atoms with Crippen LogP contribution in [0.1, 0.15) is 59.4 Å². The van der Waals surface area contributed by atoms with Crippen LogP contribution in [0.15, 0.2) is 104 Å². The fourth-order valence-electron chi connectivity index (χ4n) is 5.69. The van der Waals surface area contributed by atoms with Crippen LogP contribution in [-0.4, -0.2) is 70.8 Å². The summed E-state index contributed by atoms with van der Waals surface area (Å²) < 4.78 is 0. The third-order valence-electron chi connectivity index (χ3n) is 8.38. The van der Waals surface area contributed by atoms with E-state index in [0.717, 1.165) is 21.0 Å². The topological polar surface area (TPSA) is 212 Å². The molecule has 5 aromatic heterocycles. The first-order valence-corrected chi connectivity index (χ1v) is 17.5. The van der Waals surface area contributed by atoms with Crippen molar-refractivity contribution in [1.82, 2.24) is 34.7 Å². The number of carbonyl (C=O) groups is 3. The Hall–Kier alpha value is -3.26. The van der Waals surface area contributed by atoms with Crippen LogP contribution < -0.4 is 104 Å². The molecular formula is C39H32N7Na3O7S. The molecule has 0 aliphatic carbocycles. The van der Waals surface area contributed by atoms with Crippen LogP contribution in [0.5, 0.6) is 0 Å². The average Bonchev–Trinajstić information content (AvgIpc) is 3.68. The smallest absolute Gasteiger partial charge is 0.545 e. The fraction of sp³-hybridized carbons (Fsp3) is 0.179. The van der Waals surface area contributed by atoms with Gasteiger partial charge in [-0.05, 0) is 59.7 Å². The number of aromatic nitrogens is 5. The van der Waals surface area contributed by atoms with Crippen molar-refractivity contribution in [2.45, 2.75) is 32.8 Å². The van der Waals surface area contributed by atoms with Crippen LogP contribution in [0.3, 0.4) is 0 Å². The number of rotatable bonds is 17. The summed E-state index contributed by atoms with van der Waals surface area (Å²) in [6.07, 6.45) is 5.96. The van der Waals surface area contributed by atoms with Crippen molar-refractivity contribution in [3.05, 3.63) is 149 Å². The minimum absolute atomic E-state index is 0. The van der Waals surface area contributed by atoms with Crippen LogP contribution in [0.2, 0.25) is 0 Å². The summed E-state index contributed by atoms with van der Waals surface area (Å²) in [5.41, 5.74) is 4.48. The number of aliphatic hydroxyl groups is 1. The van der Waals surface area contributed by atoms with E-state index in [2.05, 4.69) is 19.9 Å². The number of aliphatic hydroxyl groups excluding tert-OH is 1. The molecule has 0 bridgehead atoms. The summed E-state index contributed by atoms with van der Waals surface area (Å²) >= 11 is 1.49. The van der Waals surface area contributed by atoms with Crippen molar-refractivity contribution in [1.29, 1.82) is 0 Å². The number of carboxylic acids is 3. The van der Waals surface area contributed by atoms with Crippen molar-refractivity contribution < 1.29 is 123 Å². The molecule has 0 aliphatic rings. The van der Waals surface area contributed by atoms with E-state index in [4.69, 9.17) is 4.98 Å². The maximum atomic E-state index is 11.6. The third-order valence-corrected chi connectivity index (χ3v) is 9.45. The van der Waals surface area contributed by atoms with Gasteiger partial charge in [-0.3, -0.25) is 24.8 Å². The Morgan fingerprint density at radius 1 is 0.596 bits per heavy atom. The second-order valence-electron chi connectivity index (χ2n) is 12.3. The number of aromatic carboxylic acids is 3. The zero-order chi connectivity index (χ0) is 38.0. The Morgan fingerprint density at radius 3 is 1.49 bits per heavy atom. The standard InChI is InChI=1S/C39H35N7O7S.3Na/c47-24-25-4-6-26(7-5-25)35-19-43-36(54-35)34-3-1-2-30(44-34)20-45(21-31-16-27(37(48)49)8-11-40-31)14-15-46(22-32-17-28(38(50)51)9-12-41-32)23-33-18-29(39(52)53)10-13-42-33;;;/h1-13,16-19,47H,14-15,20-24H2,(H,48,49)(H,50,51)(H,52,53);;;/q;3*+1/p-3. The summed E-state index contributed by atoms with van der Waals surface area (Å²) in [6.45, 7) is 1.65. The van der Waals surface area contributed by atoms with E-state index in [-0.39, 0.29) is 132 Å². The van der Waals surface area contributed by atoms with Gasteiger partial charge in [-0.25, -0.2) is 9.97 Å². The fourth-order valence-corrected chi connectivity index (χ4v) is 6.58. The molecule has 0 radical (unpaired) electrons. The second kappa shape index (κ2) is 23.4. The molecule has 0 amide bonds. The molecule has 57 heavy (non-hydrogen) atoms. The van der Waals surface area contributed by atoms with Crippen molar-refractivity contribution in [3.8, 4) is 21.1 Å². The van der Waals surface area contributed by atoms with Crippen molar-refractivity contribution in [2.75, 3.05) is 13.1 Å². The van der Waals surface area contributed by atoms with E-state index in [1.54, 1.807) is 6.20 Å². The van der Waals surface area contributed by atoms with Gasteiger partial charge in [0, 0.05) is 80.7 Å². The Kier molecular flexibility index (Phi) is 19.7. The van der Waals surface area contributed by atoms with Gasteiger partial charge in [0.05, 0.1) is 57.9 Å². The van der Waals surface area contributed by atoms with Gasteiger partial charge in [0.1, 0.15) is 5.01 Å². The molecule has 0 spiro atoms. The first kappa shape index (κ1) is 48.1.